The van der Waals surface area contributed by atoms with Gasteiger partial charge < -0.3 is 10.2 Å². The molecule has 3 rings (SSSR count). The number of carbonyl (C=O) groups excluding carboxylic acids is 1. The van der Waals surface area contributed by atoms with Crippen molar-refractivity contribution in [3.63, 3.8) is 0 Å². The summed E-state index contributed by atoms with van der Waals surface area (Å²) in [6.45, 7) is 2.58. The summed E-state index contributed by atoms with van der Waals surface area (Å²) in [5.74, 6) is 0.0892. The standard InChI is InChI=1S/C12H16N4OS.ClH/c1-18-12-14-6-9-10(15-12)7-16(11(9)17)8-3-2-4-13-5-8;/h6,8,13H,2-5,7H2,1H3;1H. The van der Waals surface area contributed by atoms with Crippen LogP contribution < -0.4 is 5.32 Å². The number of aromatic nitrogens is 2. The van der Waals surface area contributed by atoms with Crippen LogP contribution in [-0.2, 0) is 6.54 Å². The van der Waals surface area contributed by atoms with Crippen LogP contribution in [-0.4, -0.2) is 46.2 Å². The molecule has 0 aromatic carbocycles. The summed E-state index contributed by atoms with van der Waals surface area (Å²) >= 11 is 1.51. The summed E-state index contributed by atoms with van der Waals surface area (Å²) in [5.41, 5.74) is 1.56. The van der Waals surface area contributed by atoms with Gasteiger partial charge in [-0.1, -0.05) is 11.8 Å². The maximum atomic E-state index is 12.3. The highest BCUT2D eigenvalue weighted by molar-refractivity contribution is 7.98. The van der Waals surface area contributed by atoms with Crippen molar-refractivity contribution in [2.75, 3.05) is 19.3 Å². The van der Waals surface area contributed by atoms with Crippen molar-refractivity contribution >= 4 is 30.1 Å². The summed E-state index contributed by atoms with van der Waals surface area (Å²) in [5, 5.41) is 4.09. The Morgan fingerprint density at radius 1 is 1.53 bits per heavy atom. The molecule has 1 unspecified atom stereocenters. The Kier molecular flexibility index (Phi) is 4.65. The minimum Gasteiger partial charge on any atom is -0.328 e. The second-order valence-electron chi connectivity index (χ2n) is 4.65. The Hall–Kier alpha value is -0.850. The van der Waals surface area contributed by atoms with E-state index < -0.39 is 0 Å². The molecule has 104 valence electrons. The van der Waals surface area contributed by atoms with Gasteiger partial charge in [0.15, 0.2) is 5.16 Å². The van der Waals surface area contributed by atoms with E-state index in [0.717, 1.165) is 36.8 Å². The zero-order chi connectivity index (χ0) is 12.5. The van der Waals surface area contributed by atoms with Crippen LogP contribution in [0.3, 0.4) is 0 Å². The van der Waals surface area contributed by atoms with Crippen molar-refractivity contribution in [3.8, 4) is 0 Å². The Balaban J connectivity index is 0.00000133. The Labute approximate surface area is 123 Å². The molecule has 1 aromatic rings. The van der Waals surface area contributed by atoms with E-state index in [1.165, 1.54) is 11.8 Å². The summed E-state index contributed by atoms with van der Waals surface area (Å²) in [6.07, 6.45) is 5.83. The van der Waals surface area contributed by atoms with Crippen molar-refractivity contribution in [3.05, 3.63) is 17.5 Å². The van der Waals surface area contributed by atoms with Crippen molar-refractivity contribution in [1.82, 2.24) is 20.2 Å². The summed E-state index contributed by atoms with van der Waals surface area (Å²) < 4.78 is 0. The summed E-state index contributed by atoms with van der Waals surface area (Å²) in [4.78, 5) is 22.9. The fourth-order valence-corrected chi connectivity index (χ4v) is 2.94. The molecule has 0 radical (unpaired) electrons. The first kappa shape index (κ1) is 14.6. The first-order valence-electron chi connectivity index (χ1n) is 6.21. The maximum Gasteiger partial charge on any atom is 0.258 e. The van der Waals surface area contributed by atoms with Crippen LogP contribution in [0.5, 0.6) is 0 Å². The minimum absolute atomic E-state index is 0. The Bertz CT molecular complexity index is 479. The number of piperidine rings is 1. The van der Waals surface area contributed by atoms with Crippen molar-refractivity contribution < 1.29 is 4.79 Å². The molecule has 7 heteroatoms. The van der Waals surface area contributed by atoms with E-state index >= 15 is 0 Å². The van der Waals surface area contributed by atoms with Gasteiger partial charge in [-0.25, -0.2) is 9.97 Å². The summed E-state index contributed by atoms with van der Waals surface area (Å²) in [7, 11) is 0. The predicted molar refractivity (Wildman–Crippen MR) is 76.8 cm³/mol. The smallest absolute Gasteiger partial charge is 0.258 e. The summed E-state index contributed by atoms with van der Waals surface area (Å²) in [6, 6.07) is 0.304. The van der Waals surface area contributed by atoms with E-state index in [9.17, 15) is 4.79 Å². The highest BCUT2D eigenvalue weighted by Gasteiger charge is 2.34. The second-order valence-corrected chi connectivity index (χ2v) is 5.42. The van der Waals surface area contributed by atoms with Gasteiger partial charge in [0.05, 0.1) is 17.8 Å². The molecule has 1 N–H and O–H groups in total. The first-order valence-corrected chi connectivity index (χ1v) is 7.43. The van der Waals surface area contributed by atoms with Gasteiger partial charge in [0.2, 0.25) is 0 Å². The molecule has 2 aliphatic heterocycles. The largest absolute Gasteiger partial charge is 0.328 e. The lowest BCUT2D eigenvalue weighted by molar-refractivity contribution is 0.0673. The quantitative estimate of drug-likeness (QED) is 0.659. The molecule has 2 aliphatic rings. The molecule has 0 spiro atoms. The zero-order valence-corrected chi connectivity index (χ0v) is 12.4. The molecule has 1 amide bonds. The van der Waals surface area contributed by atoms with E-state index in [1.54, 1.807) is 6.20 Å². The monoisotopic (exact) mass is 300 g/mol. The van der Waals surface area contributed by atoms with E-state index in [1.807, 2.05) is 11.2 Å². The fourth-order valence-electron chi connectivity index (χ4n) is 2.58. The van der Waals surface area contributed by atoms with Crippen LogP contribution in [0.15, 0.2) is 11.4 Å². The molecule has 0 aliphatic carbocycles. The molecule has 5 nitrogen and oxygen atoms in total. The van der Waals surface area contributed by atoms with Crippen molar-refractivity contribution in [2.24, 2.45) is 0 Å². The number of nitrogens with one attached hydrogen (secondary N) is 1. The number of rotatable bonds is 2. The predicted octanol–water partition coefficient (Wildman–Crippen LogP) is 1.33. The Morgan fingerprint density at radius 2 is 2.37 bits per heavy atom. The normalized spacial score (nSPS) is 22.1. The Morgan fingerprint density at radius 3 is 3.05 bits per heavy atom. The maximum absolute atomic E-state index is 12.3. The number of hydrogen-bond acceptors (Lipinski definition) is 5. The van der Waals surface area contributed by atoms with Crippen molar-refractivity contribution in [1.29, 1.82) is 0 Å². The second kappa shape index (κ2) is 6.07. The van der Waals surface area contributed by atoms with E-state index in [-0.39, 0.29) is 18.3 Å². The number of nitrogens with zero attached hydrogens (tertiary/aromatic N) is 3. The fraction of sp³-hybridized carbons (Fsp3) is 0.583. The number of amides is 1. The molecule has 1 saturated heterocycles. The van der Waals surface area contributed by atoms with Gasteiger partial charge in [-0.2, -0.15) is 0 Å². The van der Waals surface area contributed by atoms with E-state index in [2.05, 4.69) is 15.3 Å². The van der Waals surface area contributed by atoms with Crippen molar-refractivity contribution in [2.45, 2.75) is 30.6 Å². The molecular formula is C12H17ClN4OS. The number of fused-ring (bicyclic) bond motifs is 1. The third-order valence-corrected chi connectivity index (χ3v) is 4.11. The molecular weight excluding hydrogens is 284 g/mol. The van der Waals surface area contributed by atoms with Gasteiger partial charge in [0.1, 0.15) is 0 Å². The SMILES string of the molecule is CSc1ncc2c(n1)CN(C1CCCNC1)C2=O.Cl. The molecule has 0 bridgehead atoms. The molecule has 1 fully saturated rings. The average molecular weight is 301 g/mol. The first-order chi connectivity index (χ1) is 8.79. The van der Waals surface area contributed by atoms with Gasteiger partial charge in [0.25, 0.3) is 5.91 Å². The highest BCUT2D eigenvalue weighted by Crippen LogP contribution is 2.26. The molecule has 3 heterocycles. The van der Waals surface area contributed by atoms with E-state index in [0.29, 0.717) is 18.2 Å². The average Bonchev–Trinajstić information content (AvgIpc) is 2.76. The zero-order valence-electron chi connectivity index (χ0n) is 10.8. The van der Waals surface area contributed by atoms with Crippen LogP contribution in [0, 0.1) is 0 Å². The minimum atomic E-state index is 0. The lowest BCUT2D eigenvalue weighted by atomic mass is 10.1. The van der Waals surface area contributed by atoms with Gasteiger partial charge in [-0.3, -0.25) is 4.79 Å². The molecule has 0 saturated carbocycles. The number of hydrogen-bond donors (Lipinski definition) is 1. The number of thioether (sulfide) groups is 1. The van der Waals surface area contributed by atoms with Crippen LogP contribution in [0.25, 0.3) is 0 Å². The van der Waals surface area contributed by atoms with Crippen LogP contribution >= 0.6 is 24.2 Å². The lowest BCUT2D eigenvalue weighted by Gasteiger charge is -2.31. The van der Waals surface area contributed by atoms with Crippen LogP contribution in [0.1, 0.15) is 28.9 Å². The third-order valence-electron chi connectivity index (χ3n) is 3.55. The molecule has 19 heavy (non-hydrogen) atoms. The van der Waals surface area contributed by atoms with Crippen LogP contribution in [0.4, 0.5) is 0 Å². The van der Waals surface area contributed by atoms with Gasteiger partial charge in [-0.05, 0) is 25.6 Å². The van der Waals surface area contributed by atoms with Gasteiger partial charge in [-0.15, -0.1) is 12.4 Å². The topological polar surface area (TPSA) is 58.1 Å². The third kappa shape index (κ3) is 2.70. The van der Waals surface area contributed by atoms with Gasteiger partial charge in [0, 0.05) is 18.8 Å². The van der Waals surface area contributed by atoms with Gasteiger partial charge >= 0.3 is 0 Å². The number of carbonyl (C=O) groups is 1. The molecule has 1 aromatic heterocycles. The highest BCUT2D eigenvalue weighted by atomic mass is 35.5. The van der Waals surface area contributed by atoms with Crippen LogP contribution in [0.2, 0.25) is 0 Å². The van der Waals surface area contributed by atoms with E-state index in [4.69, 9.17) is 0 Å². The number of halogens is 1. The molecule has 1 atom stereocenters. The lowest BCUT2D eigenvalue weighted by Crippen LogP contribution is -2.46.